The van der Waals surface area contributed by atoms with Crippen LogP contribution >= 0.6 is 0 Å². The molecule has 28 heavy (non-hydrogen) atoms. The minimum absolute atomic E-state index is 0.00571. The molecule has 2 saturated heterocycles. The second kappa shape index (κ2) is 7.76. The number of piperidine rings is 1. The van der Waals surface area contributed by atoms with Gasteiger partial charge < -0.3 is 5.73 Å². The maximum absolute atomic E-state index is 13.2. The van der Waals surface area contributed by atoms with E-state index in [4.69, 9.17) is 5.73 Å². The van der Waals surface area contributed by atoms with Gasteiger partial charge in [0.25, 0.3) is 5.69 Å². The zero-order chi connectivity index (χ0) is 20.6. The number of carbonyl (C=O) groups excluding carboxylic acids is 1. The molecule has 0 aromatic heterocycles. The highest BCUT2D eigenvalue weighted by atomic mass is 32.2. The number of primary amides is 1. The van der Waals surface area contributed by atoms with E-state index >= 15 is 0 Å². The Morgan fingerprint density at radius 1 is 1.18 bits per heavy atom. The number of rotatable bonds is 5. The number of aryl methyl sites for hydroxylation is 1. The van der Waals surface area contributed by atoms with Crippen molar-refractivity contribution in [2.24, 2.45) is 5.73 Å². The standard InChI is InChI=1S/C18H26N4O5S/c1-12-10-15(22(24)25)11-17(13(12)2)28(26,27)20-8-5-14(6-9-20)21-7-3-4-16(21)18(19)23/h10-11,14,16H,3-9H2,1-2H3,(H2,19,23). The third kappa shape index (κ3) is 3.76. The molecule has 2 N–H and O–H groups in total. The molecule has 0 saturated carbocycles. The molecule has 154 valence electrons. The van der Waals surface area contributed by atoms with Gasteiger partial charge in [0.1, 0.15) is 0 Å². The number of nitro groups is 1. The lowest BCUT2D eigenvalue weighted by atomic mass is 10.0. The van der Waals surface area contributed by atoms with E-state index in [0.29, 0.717) is 37.1 Å². The summed E-state index contributed by atoms with van der Waals surface area (Å²) in [5.41, 5.74) is 6.37. The number of sulfonamides is 1. The van der Waals surface area contributed by atoms with Gasteiger partial charge in [-0.2, -0.15) is 4.31 Å². The fraction of sp³-hybridized carbons (Fsp3) is 0.611. The molecule has 1 aromatic rings. The van der Waals surface area contributed by atoms with Crippen LogP contribution in [0.2, 0.25) is 0 Å². The van der Waals surface area contributed by atoms with Crippen LogP contribution in [0, 0.1) is 24.0 Å². The van der Waals surface area contributed by atoms with Crippen LogP contribution in [0.4, 0.5) is 5.69 Å². The smallest absolute Gasteiger partial charge is 0.271 e. The Bertz CT molecular complexity index is 893. The van der Waals surface area contributed by atoms with Gasteiger partial charge in [0, 0.05) is 31.3 Å². The van der Waals surface area contributed by atoms with E-state index in [1.165, 1.54) is 10.4 Å². The van der Waals surface area contributed by atoms with Gasteiger partial charge in [-0.25, -0.2) is 8.42 Å². The van der Waals surface area contributed by atoms with Crippen molar-refractivity contribution in [2.45, 2.75) is 56.5 Å². The Morgan fingerprint density at radius 3 is 2.39 bits per heavy atom. The third-order valence-electron chi connectivity index (χ3n) is 5.95. The molecule has 0 radical (unpaired) electrons. The summed E-state index contributed by atoms with van der Waals surface area (Å²) in [5.74, 6) is -0.324. The van der Waals surface area contributed by atoms with Crippen molar-refractivity contribution in [1.82, 2.24) is 9.21 Å². The van der Waals surface area contributed by atoms with E-state index in [1.54, 1.807) is 13.8 Å². The first-order chi connectivity index (χ1) is 13.1. The summed E-state index contributed by atoms with van der Waals surface area (Å²) >= 11 is 0. The van der Waals surface area contributed by atoms with E-state index in [9.17, 15) is 23.3 Å². The van der Waals surface area contributed by atoms with E-state index < -0.39 is 14.9 Å². The van der Waals surface area contributed by atoms with Crippen LogP contribution in [-0.4, -0.2) is 60.2 Å². The fourth-order valence-corrected chi connectivity index (χ4v) is 6.05. The van der Waals surface area contributed by atoms with Gasteiger partial charge in [-0.1, -0.05) is 0 Å². The number of hydrogen-bond acceptors (Lipinski definition) is 6. The fourth-order valence-electron chi connectivity index (χ4n) is 4.27. The van der Waals surface area contributed by atoms with Crippen molar-refractivity contribution in [2.75, 3.05) is 19.6 Å². The molecule has 1 aromatic carbocycles. The summed E-state index contributed by atoms with van der Waals surface area (Å²) in [6.45, 7) is 4.77. The molecule has 0 bridgehead atoms. The van der Waals surface area contributed by atoms with Crippen LogP contribution < -0.4 is 5.73 Å². The minimum Gasteiger partial charge on any atom is -0.368 e. The molecule has 2 aliphatic heterocycles. The highest BCUT2D eigenvalue weighted by Gasteiger charge is 2.38. The average Bonchev–Trinajstić information content (AvgIpc) is 3.13. The van der Waals surface area contributed by atoms with Crippen LogP contribution in [0.15, 0.2) is 17.0 Å². The van der Waals surface area contributed by atoms with Crippen LogP contribution in [0.3, 0.4) is 0 Å². The number of nitrogens with zero attached hydrogens (tertiary/aromatic N) is 3. The van der Waals surface area contributed by atoms with Gasteiger partial charge in [0.2, 0.25) is 15.9 Å². The number of amides is 1. The topological polar surface area (TPSA) is 127 Å². The van der Waals surface area contributed by atoms with Crippen molar-refractivity contribution in [3.8, 4) is 0 Å². The predicted molar refractivity (Wildman–Crippen MR) is 103 cm³/mol. The van der Waals surface area contributed by atoms with Gasteiger partial charge in [0.15, 0.2) is 0 Å². The molecule has 3 rings (SSSR count). The van der Waals surface area contributed by atoms with Gasteiger partial charge in [-0.3, -0.25) is 19.8 Å². The molecule has 9 nitrogen and oxygen atoms in total. The van der Waals surface area contributed by atoms with E-state index in [-0.39, 0.29) is 28.6 Å². The Labute approximate surface area is 164 Å². The Balaban J connectivity index is 1.79. The largest absolute Gasteiger partial charge is 0.368 e. The first kappa shape index (κ1) is 20.7. The summed E-state index contributed by atoms with van der Waals surface area (Å²) in [4.78, 5) is 24.3. The Kier molecular flexibility index (Phi) is 5.74. The third-order valence-corrected chi connectivity index (χ3v) is 7.97. The molecule has 10 heteroatoms. The van der Waals surface area contributed by atoms with Crippen molar-refractivity contribution in [1.29, 1.82) is 0 Å². The van der Waals surface area contributed by atoms with Gasteiger partial charge >= 0.3 is 0 Å². The highest BCUT2D eigenvalue weighted by Crippen LogP contribution is 2.31. The predicted octanol–water partition coefficient (Wildman–Crippen LogP) is 1.31. The second-order valence-corrected chi connectivity index (χ2v) is 9.48. The number of nitrogens with two attached hydrogens (primary N) is 1. The van der Waals surface area contributed by atoms with E-state index in [2.05, 4.69) is 4.90 Å². The number of benzene rings is 1. The number of hydrogen-bond donors (Lipinski definition) is 1. The highest BCUT2D eigenvalue weighted by molar-refractivity contribution is 7.89. The summed E-state index contributed by atoms with van der Waals surface area (Å²) in [7, 11) is -3.83. The lowest BCUT2D eigenvalue weighted by Gasteiger charge is -2.38. The average molecular weight is 410 g/mol. The monoisotopic (exact) mass is 410 g/mol. The van der Waals surface area contributed by atoms with Crippen molar-refractivity contribution >= 4 is 21.6 Å². The summed E-state index contributed by atoms with van der Waals surface area (Å²) in [6.07, 6.45) is 2.88. The van der Waals surface area contributed by atoms with E-state index in [1.807, 2.05) is 0 Å². The van der Waals surface area contributed by atoms with Crippen LogP contribution in [-0.2, 0) is 14.8 Å². The molecule has 2 heterocycles. The molecule has 1 amide bonds. The van der Waals surface area contributed by atoms with E-state index in [0.717, 1.165) is 25.5 Å². The summed E-state index contributed by atoms with van der Waals surface area (Å²) in [5, 5.41) is 11.1. The number of carbonyl (C=O) groups is 1. The lowest BCUT2D eigenvalue weighted by Crippen LogP contribution is -2.51. The number of likely N-dealkylation sites (tertiary alicyclic amines) is 1. The van der Waals surface area contributed by atoms with Gasteiger partial charge in [-0.15, -0.1) is 0 Å². The summed E-state index contributed by atoms with van der Waals surface area (Å²) in [6, 6.07) is 2.39. The quantitative estimate of drug-likeness (QED) is 0.576. The second-order valence-electron chi connectivity index (χ2n) is 7.58. The first-order valence-electron chi connectivity index (χ1n) is 9.43. The maximum atomic E-state index is 13.2. The number of non-ortho nitro benzene ring substituents is 1. The molecule has 0 aliphatic carbocycles. The van der Waals surface area contributed by atoms with Crippen molar-refractivity contribution in [3.63, 3.8) is 0 Å². The minimum atomic E-state index is -3.83. The zero-order valence-corrected chi connectivity index (χ0v) is 16.9. The normalized spacial score (nSPS) is 22.4. The van der Waals surface area contributed by atoms with Crippen molar-refractivity contribution in [3.05, 3.63) is 33.4 Å². The molecular formula is C18H26N4O5S. The van der Waals surface area contributed by atoms with Crippen LogP contribution in [0.5, 0.6) is 0 Å². The van der Waals surface area contributed by atoms with Crippen molar-refractivity contribution < 1.29 is 18.1 Å². The first-order valence-corrected chi connectivity index (χ1v) is 10.9. The van der Waals surface area contributed by atoms with Crippen LogP contribution in [0.1, 0.15) is 36.8 Å². The zero-order valence-electron chi connectivity index (χ0n) is 16.1. The SMILES string of the molecule is Cc1cc([N+](=O)[O-])cc(S(=O)(=O)N2CCC(N3CCCC3C(N)=O)CC2)c1C. The van der Waals surface area contributed by atoms with Gasteiger partial charge in [0.05, 0.1) is 15.9 Å². The van der Waals surface area contributed by atoms with Gasteiger partial charge in [-0.05, 0) is 57.2 Å². The molecule has 0 spiro atoms. The molecule has 1 atom stereocenters. The summed E-state index contributed by atoms with van der Waals surface area (Å²) < 4.78 is 27.7. The van der Waals surface area contributed by atoms with Crippen LogP contribution in [0.25, 0.3) is 0 Å². The molecular weight excluding hydrogens is 384 g/mol. The molecule has 1 unspecified atom stereocenters. The number of nitro benzene ring substituents is 1. The Morgan fingerprint density at radius 2 is 1.82 bits per heavy atom. The molecule has 2 aliphatic rings. The Hall–Kier alpha value is -2.04. The lowest BCUT2D eigenvalue weighted by molar-refractivity contribution is -0.385. The maximum Gasteiger partial charge on any atom is 0.271 e. The molecule has 2 fully saturated rings.